The summed E-state index contributed by atoms with van der Waals surface area (Å²) in [6.07, 6.45) is 9.61. The van der Waals surface area contributed by atoms with Crippen molar-refractivity contribution >= 4 is 32.8 Å². The van der Waals surface area contributed by atoms with Crippen LogP contribution in [0.15, 0.2) is 322 Å². The van der Waals surface area contributed by atoms with Crippen molar-refractivity contribution in [1.29, 1.82) is 0 Å². The molecule has 3 heterocycles. The van der Waals surface area contributed by atoms with E-state index < -0.39 is 0 Å². The third-order valence-electron chi connectivity index (χ3n) is 24.0. The molecule has 121 heavy (non-hydrogen) atoms. The van der Waals surface area contributed by atoms with Crippen molar-refractivity contribution in [2.45, 2.75) is 163 Å². The zero-order valence-corrected chi connectivity index (χ0v) is 74.9. The van der Waals surface area contributed by atoms with Crippen molar-refractivity contribution in [1.82, 2.24) is 14.1 Å². The Kier molecular flexibility index (Phi) is 22.9. The molecule has 0 aliphatic carbocycles. The average molecular weight is 1760 g/mol. The molecule has 0 saturated heterocycles. The summed E-state index contributed by atoms with van der Waals surface area (Å²) in [5, 5.41) is 2.15. The summed E-state index contributed by atoms with van der Waals surface area (Å²) in [6.45, 7) is 35.5. The Hall–Kier alpha value is -12.0. The van der Waals surface area contributed by atoms with Gasteiger partial charge in [-0.2, -0.15) is 18.2 Å². The molecule has 17 aromatic rings. The summed E-state index contributed by atoms with van der Waals surface area (Å²) in [6, 6.07) is 124. The second-order valence-corrected chi connectivity index (χ2v) is 38.0. The molecular formula is C115H108N4OPt-2. The number of ether oxygens (including phenoxy) is 1. The van der Waals surface area contributed by atoms with Crippen LogP contribution in [0.4, 0.5) is 0 Å². The summed E-state index contributed by atoms with van der Waals surface area (Å²) in [5.41, 5.74) is 34.0. The van der Waals surface area contributed by atoms with Crippen molar-refractivity contribution in [3.8, 4) is 123 Å². The van der Waals surface area contributed by atoms with Gasteiger partial charge >= 0.3 is 0 Å². The smallest absolute Gasteiger partial charge is 0.242 e. The molecule has 0 unspecified atom stereocenters. The molecule has 0 bridgehead atoms. The van der Waals surface area contributed by atoms with Gasteiger partial charge in [0.15, 0.2) is 0 Å². The summed E-state index contributed by atoms with van der Waals surface area (Å²) >= 11 is 0. The summed E-state index contributed by atoms with van der Waals surface area (Å²) in [5.74, 6) is 1.97. The maximum atomic E-state index is 6.98. The third kappa shape index (κ3) is 17.8. The molecule has 0 aliphatic heterocycles. The van der Waals surface area contributed by atoms with Crippen LogP contribution in [0, 0.1) is 18.5 Å². The van der Waals surface area contributed by atoms with Gasteiger partial charge < -0.3 is 18.4 Å². The molecule has 6 heteroatoms. The van der Waals surface area contributed by atoms with Crippen LogP contribution in [0.5, 0.6) is 11.5 Å². The van der Waals surface area contributed by atoms with Gasteiger partial charge in [-0.05, 0) is 264 Å². The summed E-state index contributed by atoms with van der Waals surface area (Å²) in [4.78, 5) is 5.15. The van der Waals surface area contributed by atoms with Crippen molar-refractivity contribution < 1.29 is 30.4 Å². The zero-order chi connectivity index (χ0) is 83.4. The molecule has 17 rings (SSSR count). The van der Waals surface area contributed by atoms with Gasteiger partial charge in [0.05, 0.1) is 17.6 Å². The van der Waals surface area contributed by atoms with Gasteiger partial charge in [-0.1, -0.05) is 327 Å². The topological polar surface area (TPSA) is 35.9 Å². The molecule has 606 valence electrons. The first-order valence-corrected chi connectivity index (χ1v) is 42.8. The number of pyridine rings is 1. The fraction of sp³-hybridized carbons (Fsp3) is 0.217. The minimum Gasteiger partial charge on any atom is -0.510 e. The van der Waals surface area contributed by atoms with Crippen LogP contribution in [-0.4, -0.2) is 14.1 Å². The van der Waals surface area contributed by atoms with E-state index in [0.717, 1.165) is 87.7 Å². The van der Waals surface area contributed by atoms with E-state index in [1.165, 1.54) is 122 Å². The molecule has 3 aromatic heterocycles. The quantitative estimate of drug-likeness (QED) is 0.0459. The molecule has 0 radical (unpaired) electrons. The second-order valence-electron chi connectivity index (χ2n) is 38.0. The Morgan fingerprint density at radius 1 is 0.314 bits per heavy atom. The predicted octanol–water partition coefficient (Wildman–Crippen LogP) is 30.5. The van der Waals surface area contributed by atoms with E-state index in [-0.39, 0.29) is 48.1 Å². The molecule has 5 nitrogen and oxygen atoms in total. The largest absolute Gasteiger partial charge is 0.510 e. The minimum atomic E-state index is -0.120. The zero-order valence-electron chi connectivity index (χ0n) is 72.6. The Morgan fingerprint density at radius 2 is 0.736 bits per heavy atom. The third-order valence-corrected chi connectivity index (χ3v) is 24.0. The second kappa shape index (κ2) is 33.5. The number of benzene rings is 14. The van der Waals surface area contributed by atoms with Crippen LogP contribution in [0.25, 0.3) is 144 Å². The van der Waals surface area contributed by atoms with Gasteiger partial charge in [0.25, 0.3) is 0 Å². The van der Waals surface area contributed by atoms with E-state index in [9.17, 15) is 0 Å². The minimum absolute atomic E-state index is 0. The molecular weight excluding hydrogens is 1650 g/mol. The number of nitrogens with zero attached hydrogens (tertiary/aromatic N) is 4. The normalized spacial score (nSPS) is 12.2. The Bertz CT molecular complexity index is 6230. The van der Waals surface area contributed by atoms with Crippen molar-refractivity contribution in [2.75, 3.05) is 0 Å². The van der Waals surface area contributed by atoms with E-state index in [1.807, 2.05) is 12.3 Å². The average Bonchev–Trinajstić information content (AvgIpc) is 1.60. The van der Waals surface area contributed by atoms with Crippen LogP contribution in [-0.2, 0) is 61.1 Å². The number of rotatable bonds is 19. The maximum absolute atomic E-state index is 6.98. The number of hydrogen-bond donors (Lipinski definition) is 0. The number of hydrogen-bond acceptors (Lipinski definition) is 2. The van der Waals surface area contributed by atoms with Crippen LogP contribution in [0.1, 0.15) is 156 Å². The standard InChI is InChI=1S/C115H108N4O.Pt/c1-111(2,3)93-54-55-116-110(73-93)119-106-53-50-81(86-59-87(89-66-94(112(4,5)6)71-95(67-89)113(7,8)9)61-88(60-86)90-68-96(114(10,11)12)72-97(69-90)115(13,14)15)70-105(106)104-52-51-100(75-109(104)119)120-99-44-33-43-98(74-99)118-76-117(107-48-30-31-49-108(107)118)56-32-20-29-45-103-101(91-62-82(77-35-21-16-22-36-77)57-83(63-91)78-37-23-17-24-38-78)46-34-47-102(103)92-64-84(79-39-25-18-26-40-79)58-85(65-92)80-41-27-19-28-42-80;/h16-19,21-28,30-31,33-44,46-55,57-73H,20,29,32,45,56H2,1-15H3;/q-2;. The van der Waals surface area contributed by atoms with E-state index in [2.05, 4.69) is 445 Å². The van der Waals surface area contributed by atoms with E-state index in [0.29, 0.717) is 11.5 Å². The SMILES string of the molecule is CC(C)(C)c1cc(-c2cc(-c3cc(C(C)(C)C)cc(C(C)(C)C)c3)cc(-c3ccc4c(c3)c3ccc(Oc5[c-]c(-n6[c-][n+](CCCCCc7c(-c8cc(-c9ccccc9)cc(-c9ccccc9)c8)cccc7-c7cc(-c8ccccc8)cc(-c8ccccc8)c7)c7ccccc76)ccc5)[c-]c3n4-c3cc(C(C)(C)C)ccn3)c2)cc(C(C)(C)C)c1.[Pt]. The number of unbranched alkanes of at least 4 members (excludes halogenated alkanes) is 2. The maximum Gasteiger partial charge on any atom is 0.242 e. The number of para-hydroxylation sites is 2. The van der Waals surface area contributed by atoms with E-state index in [1.54, 1.807) is 0 Å². The fourth-order valence-electron chi connectivity index (χ4n) is 17.0. The Labute approximate surface area is 731 Å². The molecule has 0 saturated carbocycles. The Morgan fingerprint density at radius 3 is 1.21 bits per heavy atom. The van der Waals surface area contributed by atoms with Gasteiger partial charge in [-0.3, -0.25) is 0 Å². The summed E-state index contributed by atoms with van der Waals surface area (Å²) in [7, 11) is 0. The number of aryl methyl sites for hydroxylation is 1. The number of aromatic nitrogens is 4. The van der Waals surface area contributed by atoms with Crippen LogP contribution < -0.4 is 9.30 Å². The van der Waals surface area contributed by atoms with Gasteiger partial charge in [0, 0.05) is 44.3 Å². The van der Waals surface area contributed by atoms with Crippen molar-refractivity contribution in [3.05, 3.63) is 373 Å². The van der Waals surface area contributed by atoms with Gasteiger partial charge in [-0.25, -0.2) is 4.98 Å². The molecule has 0 spiro atoms. The van der Waals surface area contributed by atoms with Crippen LogP contribution >= 0.6 is 0 Å². The monoisotopic (exact) mass is 1760 g/mol. The van der Waals surface area contributed by atoms with Crippen molar-refractivity contribution in [3.63, 3.8) is 0 Å². The van der Waals surface area contributed by atoms with Gasteiger partial charge in [-0.15, -0.1) is 29.7 Å². The molecule has 14 aromatic carbocycles. The molecule has 0 fully saturated rings. The first kappa shape index (κ1) is 82.7. The van der Waals surface area contributed by atoms with Crippen LogP contribution in [0.3, 0.4) is 0 Å². The molecule has 0 aliphatic rings. The molecule has 0 amide bonds. The predicted molar refractivity (Wildman–Crippen MR) is 505 cm³/mol. The van der Waals surface area contributed by atoms with E-state index in [4.69, 9.17) is 9.72 Å². The molecule has 0 N–H and O–H groups in total. The fourth-order valence-corrected chi connectivity index (χ4v) is 17.0. The summed E-state index contributed by atoms with van der Waals surface area (Å²) < 4.78 is 13.7. The van der Waals surface area contributed by atoms with Gasteiger partial charge in [0.2, 0.25) is 6.33 Å². The Balaban J connectivity index is 0.0000109. The number of fused-ring (bicyclic) bond motifs is 4. The van der Waals surface area contributed by atoms with Gasteiger partial charge in [0.1, 0.15) is 5.82 Å². The molecule has 0 atom stereocenters. The van der Waals surface area contributed by atoms with Crippen molar-refractivity contribution in [2.24, 2.45) is 0 Å². The number of imidazole rings is 1. The van der Waals surface area contributed by atoms with Crippen LogP contribution in [0.2, 0.25) is 0 Å². The first-order valence-electron chi connectivity index (χ1n) is 42.8. The first-order chi connectivity index (χ1) is 57.6. The van der Waals surface area contributed by atoms with E-state index >= 15 is 0 Å².